The molecule has 3 aromatic rings. The Balaban J connectivity index is 1.91. The minimum Gasteiger partial charge on any atom is -0.329 e. The van der Waals surface area contributed by atoms with Crippen LogP contribution in [0.15, 0.2) is 42.7 Å². The maximum absolute atomic E-state index is 5.32. The molecule has 5 heteroatoms. The molecule has 0 aromatic carbocycles. The van der Waals surface area contributed by atoms with Crippen molar-refractivity contribution in [2.75, 3.05) is 0 Å². The summed E-state index contributed by atoms with van der Waals surface area (Å²) >= 11 is 5.32. The molecule has 1 N–H and O–H groups in total. The molecule has 0 aliphatic heterocycles. The van der Waals surface area contributed by atoms with Crippen LogP contribution in [0.4, 0.5) is 0 Å². The van der Waals surface area contributed by atoms with E-state index in [0.29, 0.717) is 4.77 Å². The number of nitrogens with one attached hydrogen (secondary N) is 1. The highest BCUT2D eigenvalue weighted by Crippen LogP contribution is 2.11. The zero-order valence-corrected chi connectivity index (χ0v) is 10.5. The summed E-state index contributed by atoms with van der Waals surface area (Å²) in [5, 5.41) is 0. The summed E-state index contributed by atoms with van der Waals surface area (Å²) < 4.78 is 2.72. The number of aryl methyl sites for hydroxylation is 2. The summed E-state index contributed by atoms with van der Waals surface area (Å²) in [5.41, 5.74) is 2.94. The predicted molar refractivity (Wildman–Crippen MR) is 72.9 cm³/mol. The number of H-pyrrole nitrogens is 1. The van der Waals surface area contributed by atoms with E-state index in [-0.39, 0.29) is 0 Å². The second-order valence-corrected chi connectivity index (χ2v) is 4.41. The molecule has 0 spiro atoms. The molecule has 0 aliphatic carbocycles. The molecule has 0 fully saturated rings. The lowest BCUT2D eigenvalue weighted by atomic mass is 10.3. The number of aromatic nitrogens is 4. The van der Waals surface area contributed by atoms with Gasteiger partial charge < -0.3 is 9.55 Å². The van der Waals surface area contributed by atoms with Crippen LogP contribution in [0.1, 0.15) is 5.69 Å². The highest BCUT2D eigenvalue weighted by Gasteiger charge is 2.04. The van der Waals surface area contributed by atoms with Gasteiger partial charge in [-0.3, -0.25) is 4.98 Å². The highest BCUT2D eigenvalue weighted by molar-refractivity contribution is 7.71. The predicted octanol–water partition coefficient (Wildman–Crippen LogP) is 2.73. The zero-order valence-electron chi connectivity index (χ0n) is 9.71. The molecular weight excluding hydrogens is 244 g/mol. The highest BCUT2D eigenvalue weighted by atomic mass is 32.1. The summed E-state index contributed by atoms with van der Waals surface area (Å²) in [4.78, 5) is 11.8. The summed E-state index contributed by atoms with van der Waals surface area (Å²) in [6.07, 6.45) is 4.43. The number of imidazole rings is 1. The van der Waals surface area contributed by atoms with Gasteiger partial charge in [-0.05, 0) is 36.5 Å². The molecule has 18 heavy (non-hydrogen) atoms. The Labute approximate surface area is 109 Å². The number of pyridine rings is 2. The van der Waals surface area contributed by atoms with Crippen LogP contribution in [0, 0.1) is 4.77 Å². The molecule has 0 saturated heterocycles. The molecule has 0 saturated carbocycles. The number of hydrogen-bond donors (Lipinski definition) is 1. The summed E-state index contributed by atoms with van der Waals surface area (Å²) in [7, 11) is 0. The number of hydrogen-bond acceptors (Lipinski definition) is 3. The average Bonchev–Trinajstić information content (AvgIpc) is 2.73. The van der Waals surface area contributed by atoms with Crippen LogP contribution in [0.2, 0.25) is 0 Å². The van der Waals surface area contributed by atoms with E-state index in [9.17, 15) is 0 Å². The van der Waals surface area contributed by atoms with Gasteiger partial charge in [0.1, 0.15) is 0 Å². The Morgan fingerprint density at radius 1 is 1.11 bits per heavy atom. The summed E-state index contributed by atoms with van der Waals surface area (Å²) in [6.45, 7) is 0.785. The molecule has 3 aromatic heterocycles. The number of rotatable bonds is 3. The first-order valence-electron chi connectivity index (χ1n) is 5.78. The van der Waals surface area contributed by atoms with E-state index < -0.39 is 0 Å². The molecule has 3 rings (SSSR count). The first kappa shape index (κ1) is 11.1. The van der Waals surface area contributed by atoms with Crippen molar-refractivity contribution in [2.45, 2.75) is 13.0 Å². The van der Waals surface area contributed by atoms with Gasteiger partial charge in [0.15, 0.2) is 10.4 Å². The molecule has 0 aliphatic rings. The topological polar surface area (TPSA) is 46.5 Å². The van der Waals surface area contributed by atoms with E-state index in [4.69, 9.17) is 12.2 Å². The molecule has 0 atom stereocenters. The largest absolute Gasteiger partial charge is 0.329 e. The van der Waals surface area contributed by atoms with Gasteiger partial charge >= 0.3 is 0 Å². The first-order valence-corrected chi connectivity index (χ1v) is 6.19. The Bertz CT molecular complexity index is 714. The second-order valence-electron chi connectivity index (χ2n) is 4.03. The lowest BCUT2D eigenvalue weighted by molar-refractivity contribution is 0.689. The number of fused-ring (bicyclic) bond motifs is 1. The minimum absolute atomic E-state index is 0.708. The summed E-state index contributed by atoms with van der Waals surface area (Å²) in [5.74, 6) is 0. The van der Waals surface area contributed by atoms with Crippen molar-refractivity contribution < 1.29 is 0 Å². The molecule has 3 heterocycles. The Hall–Kier alpha value is -2.01. The number of aromatic amines is 1. The van der Waals surface area contributed by atoms with Gasteiger partial charge in [0.2, 0.25) is 0 Å². The van der Waals surface area contributed by atoms with E-state index in [1.165, 1.54) is 0 Å². The standard InChI is InChI=1S/C13H12N4S/c18-13-16-11-5-3-8-15-12(11)17(13)9-6-10-4-1-2-7-14-10/h1-5,7-8H,6,9H2,(H,16,18). The van der Waals surface area contributed by atoms with Gasteiger partial charge in [0.25, 0.3) is 0 Å². The van der Waals surface area contributed by atoms with Gasteiger partial charge in [-0.2, -0.15) is 0 Å². The molecule has 0 unspecified atom stereocenters. The fourth-order valence-corrected chi connectivity index (χ4v) is 2.26. The van der Waals surface area contributed by atoms with Gasteiger partial charge in [-0.15, -0.1) is 0 Å². The molecule has 0 bridgehead atoms. The second kappa shape index (κ2) is 4.70. The fourth-order valence-electron chi connectivity index (χ4n) is 1.97. The van der Waals surface area contributed by atoms with Crippen molar-refractivity contribution in [2.24, 2.45) is 0 Å². The molecular formula is C13H12N4S. The molecule has 0 radical (unpaired) electrons. The van der Waals surface area contributed by atoms with Gasteiger partial charge in [-0.1, -0.05) is 6.07 Å². The maximum Gasteiger partial charge on any atom is 0.179 e. The minimum atomic E-state index is 0.708. The van der Waals surface area contributed by atoms with Crippen LogP contribution in [-0.4, -0.2) is 19.5 Å². The third-order valence-corrected chi connectivity index (χ3v) is 3.17. The van der Waals surface area contributed by atoms with E-state index in [0.717, 1.165) is 29.8 Å². The van der Waals surface area contributed by atoms with Crippen LogP contribution >= 0.6 is 12.2 Å². The van der Waals surface area contributed by atoms with Crippen molar-refractivity contribution in [3.63, 3.8) is 0 Å². The van der Waals surface area contributed by atoms with Crippen LogP contribution < -0.4 is 0 Å². The lowest BCUT2D eigenvalue weighted by Crippen LogP contribution is -2.03. The zero-order chi connectivity index (χ0) is 12.4. The van der Waals surface area contributed by atoms with Crippen molar-refractivity contribution in [1.29, 1.82) is 0 Å². The van der Waals surface area contributed by atoms with E-state index in [1.807, 2.05) is 41.1 Å². The molecule has 4 nitrogen and oxygen atoms in total. The third kappa shape index (κ3) is 2.04. The smallest absolute Gasteiger partial charge is 0.179 e. The molecule has 0 amide bonds. The third-order valence-electron chi connectivity index (χ3n) is 2.85. The van der Waals surface area contributed by atoms with Gasteiger partial charge in [-0.25, -0.2) is 4.98 Å². The van der Waals surface area contributed by atoms with Crippen molar-refractivity contribution in [3.05, 3.63) is 53.2 Å². The van der Waals surface area contributed by atoms with Crippen LogP contribution in [-0.2, 0) is 13.0 Å². The SMILES string of the molecule is S=c1[nH]c2cccnc2n1CCc1ccccn1. The van der Waals surface area contributed by atoms with Crippen LogP contribution in [0.5, 0.6) is 0 Å². The quantitative estimate of drug-likeness (QED) is 0.733. The van der Waals surface area contributed by atoms with Crippen LogP contribution in [0.3, 0.4) is 0 Å². The Morgan fingerprint density at radius 2 is 2.00 bits per heavy atom. The normalized spacial score (nSPS) is 10.9. The summed E-state index contributed by atoms with van der Waals surface area (Å²) in [6, 6.07) is 9.81. The monoisotopic (exact) mass is 256 g/mol. The Kier molecular flexibility index (Phi) is 2.90. The average molecular weight is 256 g/mol. The van der Waals surface area contributed by atoms with E-state index >= 15 is 0 Å². The first-order chi connectivity index (χ1) is 8.84. The van der Waals surface area contributed by atoms with E-state index in [2.05, 4.69) is 15.0 Å². The Morgan fingerprint density at radius 3 is 2.83 bits per heavy atom. The van der Waals surface area contributed by atoms with Gasteiger partial charge in [0.05, 0.1) is 5.52 Å². The van der Waals surface area contributed by atoms with Crippen LogP contribution in [0.25, 0.3) is 11.2 Å². The van der Waals surface area contributed by atoms with Crippen molar-refractivity contribution in [1.82, 2.24) is 19.5 Å². The van der Waals surface area contributed by atoms with Crippen molar-refractivity contribution in [3.8, 4) is 0 Å². The molecule has 90 valence electrons. The van der Waals surface area contributed by atoms with Gasteiger partial charge in [0, 0.05) is 31.1 Å². The number of nitrogens with zero attached hydrogens (tertiary/aromatic N) is 3. The fraction of sp³-hybridized carbons (Fsp3) is 0.154. The van der Waals surface area contributed by atoms with Crippen molar-refractivity contribution >= 4 is 23.4 Å². The maximum atomic E-state index is 5.32. The lowest BCUT2D eigenvalue weighted by Gasteiger charge is -2.03. The van der Waals surface area contributed by atoms with E-state index in [1.54, 1.807) is 6.20 Å².